The molecule has 23 heavy (non-hydrogen) atoms. The van der Waals surface area contributed by atoms with E-state index in [1.807, 2.05) is 12.1 Å². The third kappa shape index (κ3) is 5.25. The topological polar surface area (TPSA) is 84.2 Å². The van der Waals surface area contributed by atoms with Gasteiger partial charge in [-0.15, -0.1) is 0 Å². The maximum Gasteiger partial charge on any atom is 0.325 e. The molecule has 2 aromatic rings. The number of carbonyl (C=O) groups is 2. The van der Waals surface area contributed by atoms with Crippen molar-refractivity contribution in [3.8, 4) is 0 Å². The first-order valence-corrected chi connectivity index (χ1v) is 7.58. The van der Waals surface area contributed by atoms with Crippen molar-refractivity contribution in [2.75, 3.05) is 5.32 Å². The first kappa shape index (κ1) is 16.7. The van der Waals surface area contributed by atoms with Gasteiger partial charge in [0.05, 0.1) is 0 Å². The summed E-state index contributed by atoms with van der Waals surface area (Å²) in [5, 5.41) is 15.3. The van der Waals surface area contributed by atoms with Crippen LogP contribution in [0.15, 0.2) is 36.5 Å². The van der Waals surface area contributed by atoms with Crippen molar-refractivity contribution in [1.29, 1.82) is 0 Å². The largest absolute Gasteiger partial charge is 0.480 e. The molecule has 1 amide bonds. The SMILES string of the molecule is CC(C)c1ccc(CCC(=O)Nc2ccn(CC(=O)O)n2)cc1. The van der Waals surface area contributed by atoms with Crippen molar-refractivity contribution in [1.82, 2.24) is 9.78 Å². The maximum absolute atomic E-state index is 11.9. The van der Waals surface area contributed by atoms with Crippen LogP contribution >= 0.6 is 0 Å². The molecule has 0 saturated heterocycles. The number of anilines is 1. The van der Waals surface area contributed by atoms with Crippen molar-refractivity contribution >= 4 is 17.7 Å². The molecule has 0 unspecified atom stereocenters. The fraction of sp³-hybridized carbons (Fsp3) is 0.353. The van der Waals surface area contributed by atoms with Crippen LogP contribution in [-0.4, -0.2) is 26.8 Å². The molecule has 1 heterocycles. The zero-order chi connectivity index (χ0) is 16.8. The standard InChI is InChI=1S/C17H21N3O3/c1-12(2)14-6-3-13(4-7-14)5-8-16(21)18-15-9-10-20(19-15)11-17(22)23/h3-4,6-7,9-10,12H,5,8,11H2,1-2H3,(H,22,23)(H,18,19,21). The van der Waals surface area contributed by atoms with Gasteiger partial charge in [-0.3, -0.25) is 14.3 Å². The summed E-state index contributed by atoms with van der Waals surface area (Å²) < 4.78 is 1.27. The number of benzene rings is 1. The minimum atomic E-state index is -0.976. The number of carbonyl (C=O) groups excluding carboxylic acids is 1. The first-order valence-electron chi connectivity index (χ1n) is 7.58. The lowest BCUT2D eigenvalue weighted by molar-refractivity contribution is -0.137. The molecule has 2 N–H and O–H groups in total. The molecule has 6 heteroatoms. The molecule has 0 spiro atoms. The summed E-state index contributed by atoms with van der Waals surface area (Å²) in [4.78, 5) is 22.5. The smallest absolute Gasteiger partial charge is 0.325 e. The van der Waals surface area contributed by atoms with E-state index in [1.54, 1.807) is 6.07 Å². The Morgan fingerprint density at radius 1 is 1.22 bits per heavy atom. The highest BCUT2D eigenvalue weighted by Gasteiger charge is 2.07. The zero-order valence-electron chi connectivity index (χ0n) is 13.3. The number of rotatable bonds is 7. The van der Waals surface area contributed by atoms with E-state index in [9.17, 15) is 9.59 Å². The van der Waals surface area contributed by atoms with Gasteiger partial charge in [-0.25, -0.2) is 0 Å². The number of carboxylic acid groups (broad SMARTS) is 1. The number of hydrogen-bond donors (Lipinski definition) is 2. The number of aryl methyl sites for hydroxylation is 1. The van der Waals surface area contributed by atoms with E-state index in [0.717, 1.165) is 5.56 Å². The van der Waals surface area contributed by atoms with Crippen molar-refractivity contribution in [2.24, 2.45) is 0 Å². The van der Waals surface area contributed by atoms with Crippen LogP contribution < -0.4 is 5.32 Å². The van der Waals surface area contributed by atoms with Gasteiger partial charge in [0.1, 0.15) is 6.54 Å². The lowest BCUT2D eigenvalue weighted by Gasteiger charge is -2.07. The molecule has 0 aliphatic rings. The van der Waals surface area contributed by atoms with Crippen LogP contribution in [0.3, 0.4) is 0 Å². The molecule has 0 atom stereocenters. The van der Waals surface area contributed by atoms with E-state index in [2.05, 4.69) is 36.4 Å². The molecule has 0 aliphatic heterocycles. The minimum Gasteiger partial charge on any atom is -0.480 e. The number of aromatic nitrogens is 2. The van der Waals surface area contributed by atoms with Crippen molar-refractivity contribution in [3.63, 3.8) is 0 Å². The Morgan fingerprint density at radius 2 is 1.91 bits per heavy atom. The molecular weight excluding hydrogens is 294 g/mol. The van der Waals surface area contributed by atoms with E-state index in [0.29, 0.717) is 24.6 Å². The van der Waals surface area contributed by atoms with Crippen LogP contribution in [-0.2, 0) is 22.6 Å². The Hall–Kier alpha value is -2.63. The molecule has 0 saturated carbocycles. The molecule has 2 rings (SSSR count). The molecule has 122 valence electrons. The molecule has 0 radical (unpaired) electrons. The molecule has 6 nitrogen and oxygen atoms in total. The second-order valence-corrected chi connectivity index (χ2v) is 5.74. The van der Waals surface area contributed by atoms with Crippen LogP contribution in [0, 0.1) is 0 Å². The van der Waals surface area contributed by atoms with Crippen molar-refractivity contribution < 1.29 is 14.7 Å². The number of amides is 1. The van der Waals surface area contributed by atoms with E-state index in [-0.39, 0.29) is 12.5 Å². The molecule has 0 aliphatic carbocycles. The predicted octanol–water partition coefficient (Wildman–Crippen LogP) is 2.66. The average Bonchev–Trinajstić information content (AvgIpc) is 2.91. The Kier molecular flexibility index (Phi) is 5.51. The van der Waals surface area contributed by atoms with Gasteiger partial charge >= 0.3 is 5.97 Å². The number of nitrogens with zero attached hydrogens (tertiary/aromatic N) is 2. The Balaban J connectivity index is 1.82. The lowest BCUT2D eigenvalue weighted by Crippen LogP contribution is -2.14. The van der Waals surface area contributed by atoms with Gasteiger partial charge in [0, 0.05) is 18.7 Å². The summed E-state index contributed by atoms with van der Waals surface area (Å²) in [6.45, 7) is 4.07. The molecule has 1 aromatic carbocycles. The summed E-state index contributed by atoms with van der Waals surface area (Å²) in [5.41, 5.74) is 2.39. The highest BCUT2D eigenvalue weighted by Crippen LogP contribution is 2.15. The highest BCUT2D eigenvalue weighted by molar-refractivity contribution is 5.89. The van der Waals surface area contributed by atoms with Gasteiger partial charge in [0.2, 0.25) is 5.91 Å². The summed E-state index contributed by atoms with van der Waals surface area (Å²) in [5.74, 6) is -0.256. The third-order valence-electron chi connectivity index (χ3n) is 3.49. The summed E-state index contributed by atoms with van der Waals surface area (Å²) >= 11 is 0. The molecular formula is C17H21N3O3. The van der Waals surface area contributed by atoms with E-state index in [1.165, 1.54) is 16.4 Å². The van der Waals surface area contributed by atoms with Crippen LogP contribution in [0.1, 0.15) is 37.3 Å². The zero-order valence-corrected chi connectivity index (χ0v) is 13.3. The summed E-state index contributed by atoms with van der Waals surface area (Å²) in [7, 11) is 0. The Bertz CT molecular complexity index is 675. The average molecular weight is 315 g/mol. The first-order chi connectivity index (χ1) is 10.9. The predicted molar refractivity (Wildman–Crippen MR) is 87.3 cm³/mol. The van der Waals surface area contributed by atoms with Crippen LogP contribution in [0.2, 0.25) is 0 Å². The van der Waals surface area contributed by atoms with Gasteiger partial charge in [-0.05, 0) is 23.5 Å². The lowest BCUT2D eigenvalue weighted by atomic mass is 10.0. The molecule has 1 aromatic heterocycles. The van der Waals surface area contributed by atoms with Crippen LogP contribution in [0.4, 0.5) is 5.82 Å². The van der Waals surface area contributed by atoms with Gasteiger partial charge in [0.25, 0.3) is 0 Å². The van der Waals surface area contributed by atoms with Gasteiger partial charge in [-0.2, -0.15) is 5.10 Å². The Morgan fingerprint density at radius 3 is 2.52 bits per heavy atom. The maximum atomic E-state index is 11.9. The normalized spacial score (nSPS) is 10.7. The number of hydrogen-bond acceptors (Lipinski definition) is 3. The second-order valence-electron chi connectivity index (χ2n) is 5.74. The fourth-order valence-corrected chi connectivity index (χ4v) is 2.19. The van der Waals surface area contributed by atoms with Crippen molar-refractivity contribution in [3.05, 3.63) is 47.7 Å². The van der Waals surface area contributed by atoms with Gasteiger partial charge in [0.15, 0.2) is 5.82 Å². The van der Waals surface area contributed by atoms with Gasteiger partial charge < -0.3 is 10.4 Å². The number of aliphatic carboxylic acids is 1. The second kappa shape index (κ2) is 7.58. The minimum absolute atomic E-state index is 0.140. The van der Waals surface area contributed by atoms with Crippen LogP contribution in [0.5, 0.6) is 0 Å². The van der Waals surface area contributed by atoms with E-state index in [4.69, 9.17) is 5.11 Å². The third-order valence-corrected chi connectivity index (χ3v) is 3.49. The molecule has 0 bridgehead atoms. The molecule has 0 fully saturated rings. The number of carboxylic acids is 1. The van der Waals surface area contributed by atoms with Gasteiger partial charge in [-0.1, -0.05) is 38.1 Å². The highest BCUT2D eigenvalue weighted by atomic mass is 16.4. The quantitative estimate of drug-likeness (QED) is 0.822. The van der Waals surface area contributed by atoms with Crippen molar-refractivity contribution in [2.45, 2.75) is 39.2 Å². The summed E-state index contributed by atoms with van der Waals surface area (Å²) in [6, 6.07) is 9.85. The monoisotopic (exact) mass is 315 g/mol. The van der Waals surface area contributed by atoms with E-state index < -0.39 is 5.97 Å². The number of nitrogens with one attached hydrogen (secondary N) is 1. The fourth-order valence-electron chi connectivity index (χ4n) is 2.19. The summed E-state index contributed by atoms with van der Waals surface area (Å²) in [6.07, 6.45) is 2.53. The Labute approximate surface area is 135 Å². The van der Waals surface area contributed by atoms with E-state index >= 15 is 0 Å². The van der Waals surface area contributed by atoms with Crippen LogP contribution in [0.25, 0.3) is 0 Å².